The molecule has 0 amide bonds. The van der Waals surface area contributed by atoms with E-state index in [9.17, 15) is 0 Å². The zero-order valence-electron chi connectivity index (χ0n) is 10.5. The number of rotatable bonds is 5. The van der Waals surface area contributed by atoms with Crippen molar-refractivity contribution in [2.45, 2.75) is 10.9 Å². The average molecular weight is 295 g/mol. The van der Waals surface area contributed by atoms with Crippen molar-refractivity contribution in [1.82, 2.24) is 4.98 Å². The van der Waals surface area contributed by atoms with Crippen molar-refractivity contribution in [1.29, 1.82) is 0 Å². The van der Waals surface area contributed by atoms with E-state index in [1.807, 2.05) is 36.4 Å². The first kappa shape index (κ1) is 14.2. The first-order valence-corrected chi connectivity index (χ1v) is 7.20. The Morgan fingerprint density at radius 1 is 1.32 bits per heavy atom. The number of nitrogens with zero attached hydrogens (tertiary/aromatic N) is 1. The molecule has 1 aromatic heterocycles. The number of hydrogen-bond donors (Lipinski definition) is 1. The Balaban J connectivity index is 2.05. The zero-order chi connectivity index (χ0) is 13.7. The number of thioether (sulfide) groups is 1. The molecule has 0 aliphatic rings. The molecule has 100 valence electrons. The van der Waals surface area contributed by atoms with Crippen LogP contribution in [0.4, 0.5) is 0 Å². The van der Waals surface area contributed by atoms with Crippen molar-refractivity contribution in [3.8, 4) is 5.75 Å². The van der Waals surface area contributed by atoms with Crippen LogP contribution in [0.2, 0.25) is 5.02 Å². The fraction of sp³-hybridized carbons (Fsp3) is 0.214. The third kappa shape index (κ3) is 3.62. The highest BCUT2D eigenvalue weighted by Gasteiger charge is 2.14. The summed E-state index contributed by atoms with van der Waals surface area (Å²) in [7, 11) is 1.62. The largest absolute Gasteiger partial charge is 0.495 e. The van der Waals surface area contributed by atoms with E-state index in [-0.39, 0.29) is 6.04 Å². The van der Waals surface area contributed by atoms with Gasteiger partial charge in [-0.3, -0.25) is 4.98 Å². The van der Waals surface area contributed by atoms with Crippen LogP contribution >= 0.6 is 23.4 Å². The molecule has 0 aliphatic carbocycles. The van der Waals surface area contributed by atoms with Gasteiger partial charge in [-0.25, -0.2) is 0 Å². The molecule has 2 N–H and O–H groups in total. The van der Waals surface area contributed by atoms with E-state index >= 15 is 0 Å². The lowest BCUT2D eigenvalue weighted by molar-refractivity contribution is 0.404. The monoisotopic (exact) mass is 294 g/mol. The van der Waals surface area contributed by atoms with Crippen LogP contribution in [0.1, 0.15) is 11.7 Å². The fourth-order valence-electron chi connectivity index (χ4n) is 1.67. The lowest BCUT2D eigenvalue weighted by atomic mass is 10.2. The summed E-state index contributed by atoms with van der Waals surface area (Å²) in [6.45, 7) is 0. The van der Waals surface area contributed by atoms with E-state index in [4.69, 9.17) is 22.1 Å². The summed E-state index contributed by atoms with van der Waals surface area (Å²) in [5.41, 5.74) is 6.93. The molecule has 0 spiro atoms. The minimum atomic E-state index is -0.197. The predicted octanol–water partition coefficient (Wildman–Crippen LogP) is 3.54. The van der Waals surface area contributed by atoms with Crippen molar-refractivity contribution < 1.29 is 4.74 Å². The molecule has 0 fully saturated rings. The maximum Gasteiger partial charge on any atom is 0.142 e. The van der Waals surface area contributed by atoms with Gasteiger partial charge in [-0.15, -0.1) is 11.8 Å². The standard InChI is InChI=1S/C14H15ClN2OS/c1-18-12-6-4-8-17-14(12)11(16)9-19-13-7-3-2-5-10(13)15/h2-8,11H,9,16H2,1H3. The highest BCUT2D eigenvalue weighted by Crippen LogP contribution is 2.30. The Morgan fingerprint density at radius 2 is 2.11 bits per heavy atom. The third-order valence-corrected chi connectivity index (χ3v) is 4.26. The first-order valence-electron chi connectivity index (χ1n) is 5.84. The van der Waals surface area contributed by atoms with Crippen LogP contribution in [0.25, 0.3) is 0 Å². The zero-order valence-corrected chi connectivity index (χ0v) is 12.1. The second kappa shape index (κ2) is 6.80. The van der Waals surface area contributed by atoms with E-state index in [0.29, 0.717) is 5.75 Å². The Hall–Kier alpha value is -1.23. The van der Waals surface area contributed by atoms with Crippen LogP contribution in [0.3, 0.4) is 0 Å². The summed E-state index contributed by atoms with van der Waals surface area (Å²) in [5.74, 6) is 1.41. The summed E-state index contributed by atoms with van der Waals surface area (Å²) in [5, 5.41) is 0.743. The molecular formula is C14H15ClN2OS. The third-order valence-electron chi connectivity index (χ3n) is 2.63. The van der Waals surface area contributed by atoms with Crippen molar-refractivity contribution in [3.05, 3.63) is 53.3 Å². The van der Waals surface area contributed by atoms with E-state index in [1.54, 1.807) is 25.1 Å². The first-order chi connectivity index (χ1) is 9.22. The van der Waals surface area contributed by atoms with Crippen LogP contribution in [0.5, 0.6) is 5.75 Å². The lowest BCUT2D eigenvalue weighted by Crippen LogP contribution is -2.15. The molecule has 0 radical (unpaired) electrons. The number of halogens is 1. The topological polar surface area (TPSA) is 48.1 Å². The van der Waals surface area contributed by atoms with E-state index in [1.165, 1.54) is 0 Å². The number of methoxy groups -OCH3 is 1. The van der Waals surface area contributed by atoms with Crippen LogP contribution in [0, 0.1) is 0 Å². The van der Waals surface area contributed by atoms with Gasteiger partial charge in [0.15, 0.2) is 0 Å². The Kier molecular flexibility index (Phi) is 5.07. The maximum absolute atomic E-state index is 6.16. The van der Waals surface area contributed by atoms with E-state index in [2.05, 4.69) is 4.98 Å². The number of nitrogens with two attached hydrogens (primary N) is 1. The smallest absolute Gasteiger partial charge is 0.142 e. The molecule has 19 heavy (non-hydrogen) atoms. The minimum Gasteiger partial charge on any atom is -0.495 e. The Bertz CT molecular complexity index is 550. The van der Waals surface area contributed by atoms with Crippen LogP contribution in [-0.4, -0.2) is 17.8 Å². The van der Waals surface area contributed by atoms with Gasteiger partial charge in [0.05, 0.1) is 23.9 Å². The van der Waals surface area contributed by atoms with Crippen molar-refractivity contribution in [2.24, 2.45) is 5.73 Å². The Morgan fingerprint density at radius 3 is 2.84 bits per heavy atom. The molecule has 0 aliphatic heterocycles. The highest BCUT2D eigenvalue weighted by atomic mass is 35.5. The van der Waals surface area contributed by atoms with E-state index in [0.717, 1.165) is 21.4 Å². The summed E-state index contributed by atoms with van der Waals surface area (Å²) in [6, 6.07) is 11.2. The van der Waals surface area contributed by atoms with Crippen molar-refractivity contribution in [2.75, 3.05) is 12.9 Å². The molecular weight excluding hydrogens is 280 g/mol. The van der Waals surface area contributed by atoms with Crippen LogP contribution < -0.4 is 10.5 Å². The van der Waals surface area contributed by atoms with Gasteiger partial charge in [-0.1, -0.05) is 23.7 Å². The SMILES string of the molecule is COc1cccnc1C(N)CSc1ccccc1Cl. The summed E-state index contributed by atoms with van der Waals surface area (Å²) in [6.07, 6.45) is 1.72. The second-order valence-corrected chi connectivity index (χ2v) is 5.41. The van der Waals surface area contributed by atoms with E-state index < -0.39 is 0 Å². The number of benzene rings is 1. The number of aromatic nitrogens is 1. The highest BCUT2D eigenvalue weighted by molar-refractivity contribution is 7.99. The number of ether oxygens (including phenoxy) is 1. The van der Waals surface area contributed by atoms with Gasteiger partial charge < -0.3 is 10.5 Å². The molecule has 3 nitrogen and oxygen atoms in total. The van der Waals surface area contributed by atoms with Gasteiger partial charge >= 0.3 is 0 Å². The second-order valence-electron chi connectivity index (χ2n) is 3.94. The summed E-state index contributed by atoms with van der Waals surface area (Å²) >= 11 is 7.73. The maximum atomic E-state index is 6.16. The molecule has 1 aromatic carbocycles. The number of hydrogen-bond acceptors (Lipinski definition) is 4. The average Bonchev–Trinajstić information content (AvgIpc) is 2.46. The molecule has 0 saturated carbocycles. The summed E-state index contributed by atoms with van der Waals surface area (Å²) < 4.78 is 5.26. The fourth-order valence-corrected chi connectivity index (χ4v) is 2.87. The quantitative estimate of drug-likeness (QED) is 0.857. The number of pyridine rings is 1. The predicted molar refractivity (Wildman–Crippen MR) is 79.9 cm³/mol. The van der Waals surface area contributed by atoms with Gasteiger partial charge in [0.2, 0.25) is 0 Å². The lowest BCUT2D eigenvalue weighted by Gasteiger charge is -2.14. The molecule has 1 atom stereocenters. The summed E-state index contributed by atoms with van der Waals surface area (Å²) in [4.78, 5) is 5.31. The van der Waals surface area contributed by atoms with Gasteiger partial charge in [0, 0.05) is 16.8 Å². The van der Waals surface area contributed by atoms with Crippen molar-refractivity contribution >= 4 is 23.4 Å². The molecule has 0 saturated heterocycles. The van der Waals surface area contributed by atoms with Gasteiger partial charge in [0.25, 0.3) is 0 Å². The van der Waals surface area contributed by atoms with Crippen molar-refractivity contribution in [3.63, 3.8) is 0 Å². The molecule has 2 rings (SSSR count). The minimum absolute atomic E-state index is 0.197. The van der Waals surface area contributed by atoms with Gasteiger partial charge in [0.1, 0.15) is 5.75 Å². The molecule has 0 bridgehead atoms. The van der Waals surface area contributed by atoms with Crippen LogP contribution in [-0.2, 0) is 0 Å². The van der Waals surface area contributed by atoms with Gasteiger partial charge in [-0.2, -0.15) is 0 Å². The van der Waals surface area contributed by atoms with Crippen LogP contribution in [0.15, 0.2) is 47.5 Å². The molecule has 1 unspecified atom stereocenters. The van der Waals surface area contributed by atoms with Gasteiger partial charge in [-0.05, 0) is 24.3 Å². The molecule has 5 heteroatoms. The Labute approximate surface area is 122 Å². The molecule has 2 aromatic rings. The molecule has 1 heterocycles. The normalized spacial score (nSPS) is 12.2.